The second-order valence-electron chi connectivity index (χ2n) is 10.3. The molecule has 37 heavy (non-hydrogen) atoms. The number of carbonyl (C=O) groups is 2. The summed E-state index contributed by atoms with van der Waals surface area (Å²) >= 11 is 0. The lowest BCUT2D eigenvalue weighted by Gasteiger charge is -2.52. The molecule has 6 rings (SSSR count). The molecule has 2 aliphatic carbocycles. The maximum absolute atomic E-state index is 13.9. The molecule has 2 aromatic heterocycles. The molecule has 1 N–H and O–H groups in total. The molecule has 0 saturated heterocycles. The molecule has 3 aromatic rings. The maximum Gasteiger partial charge on any atom is 0.352 e. The first-order chi connectivity index (χ1) is 17.7. The number of aliphatic hydroxyl groups is 1. The fourth-order valence-electron chi connectivity index (χ4n) is 6.58. The first kappa shape index (κ1) is 23.4. The van der Waals surface area contributed by atoms with Crippen LogP contribution in [0.4, 0.5) is 0 Å². The third-order valence-electron chi connectivity index (χ3n) is 8.57. The predicted molar refractivity (Wildman–Crippen MR) is 133 cm³/mol. The number of benzene rings is 1. The highest BCUT2D eigenvalue weighted by Crippen LogP contribution is 2.60. The summed E-state index contributed by atoms with van der Waals surface area (Å²) in [7, 11) is 0. The van der Waals surface area contributed by atoms with Crippen LogP contribution in [-0.2, 0) is 22.7 Å². The van der Waals surface area contributed by atoms with Crippen molar-refractivity contribution in [3.63, 3.8) is 0 Å². The van der Waals surface area contributed by atoms with E-state index < -0.39 is 34.7 Å². The molecule has 1 fully saturated rings. The molecule has 0 radical (unpaired) electrons. The normalized spacial score (nSPS) is 27.0. The maximum atomic E-state index is 13.9. The van der Waals surface area contributed by atoms with Crippen molar-refractivity contribution in [1.29, 1.82) is 0 Å². The number of hydrogen-bond donors (Lipinski definition) is 1. The molecule has 1 aliphatic heterocycles. The minimum absolute atomic E-state index is 0.127. The summed E-state index contributed by atoms with van der Waals surface area (Å²) in [5.41, 5.74) is -0.0150. The zero-order chi connectivity index (χ0) is 26.2. The third-order valence-corrected chi connectivity index (χ3v) is 8.57. The van der Waals surface area contributed by atoms with E-state index in [1.54, 1.807) is 57.2 Å². The summed E-state index contributed by atoms with van der Waals surface area (Å²) in [4.78, 5) is 54.6. The average Bonchev–Trinajstić information content (AvgIpc) is 3.48. The van der Waals surface area contributed by atoms with Crippen LogP contribution in [0.2, 0.25) is 0 Å². The van der Waals surface area contributed by atoms with E-state index in [4.69, 9.17) is 4.42 Å². The Bertz CT molecular complexity index is 1650. The molecular weight excluding hydrogens is 474 g/mol. The number of fused-ring (bicyclic) bond motifs is 4. The minimum atomic E-state index is -1.14. The van der Waals surface area contributed by atoms with E-state index in [-0.39, 0.29) is 31.1 Å². The van der Waals surface area contributed by atoms with E-state index in [0.717, 1.165) is 10.1 Å². The fourth-order valence-corrected chi connectivity index (χ4v) is 6.58. The fraction of sp³-hybridized carbons (Fsp3) is 0.357. The van der Waals surface area contributed by atoms with E-state index in [0.29, 0.717) is 28.4 Å². The highest BCUT2D eigenvalue weighted by Gasteiger charge is 2.61. The van der Waals surface area contributed by atoms with Gasteiger partial charge in [-0.25, -0.2) is 23.5 Å². The Balaban J connectivity index is 1.59. The summed E-state index contributed by atoms with van der Waals surface area (Å²) in [6.07, 6.45) is 2.09. The number of ketones is 2. The van der Waals surface area contributed by atoms with E-state index in [1.165, 1.54) is 9.36 Å². The quantitative estimate of drug-likeness (QED) is 0.552. The van der Waals surface area contributed by atoms with Crippen LogP contribution in [0.3, 0.4) is 0 Å². The predicted octanol–water partition coefficient (Wildman–Crippen LogP) is 2.67. The average molecular weight is 502 g/mol. The van der Waals surface area contributed by atoms with Crippen molar-refractivity contribution in [3.05, 3.63) is 97.7 Å². The second kappa shape index (κ2) is 8.01. The highest BCUT2D eigenvalue weighted by atomic mass is 16.4. The molecule has 3 heterocycles. The van der Waals surface area contributed by atoms with Crippen LogP contribution < -0.4 is 11.4 Å². The first-order valence-corrected chi connectivity index (χ1v) is 12.4. The lowest BCUT2D eigenvalue weighted by Crippen LogP contribution is -2.55. The van der Waals surface area contributed by atoms with Crippen molar-refractivity contribution in [1.82, 2.24) is 13.9 Å². The Hall–Kier alpha value is -3.98. The molecule has 1 saturated carbocycles. The van der Waals surface area contributed by atoms with Gasteiger partial charge in [-0.1, -0.05) is 31.2 Å². The van der Waals surface area contributed by atoms with E-state index in [9.17, 15) is 24.3 Å². The molecule has 1 aromatic carbocycles. The van der Waals surface area contributed by atoms with E-state index >= 15 is 0 Å². The van der Waals surface area contributed by atoms with Gasteiger partial charge in [0.05, 0.1) is 29.6 Å². The lowest BCUT2D eigenvalue weighted by molar-refractivity contribution is -0.140. The number of hydrogen-bond acceptors (Lipinski definition) is 6. The number of aromatic nitrogens is 3. The molecule has 3 aliphatic rings. The third kappa shape index (κ3) is 3.00. The number of nitrogens with zero attached hydrogens (tertiary/aromatic N) is 3. The number of furan rings is 1. The summed E-state index contributed by atoms with van der Waals surface area (Å²) in [6, 6.07) is 11.5. The number of para-hydroxylation sites is 1. The molecule has 4 atom stereocenters. The molecule has 0 bridgehead atoms. The SMILES string of the molecule is CC1=C(C)C(=O)[C@@]2(C)[C@@H](c3ccc(CO)o3)C3=CCn4c(=O)n(-c5ccccc5)c(=O)n4[C@@H]3C[C@H]2C1=O. The van der Waals surface area contributed by atoms with Gasteiger partial charge in [0, 0.05) is 5.92 Å². The summed E-state index contributed by atoms with van der Waals surface area (Å²) < 4.78 is 9.94. The highest BCUT2D eigenvalue weighted by molar-refractivity contribution is 6.15. The van der Waals surface area contributed by atoms with Gasteiger partial charge in [-0.3, -0.25) is 9.59 Å². The zero-order valence-electron chi connectivity index (χ0n) is 20.8. The van der Waals surface area contributed by atoms with Gasteiger partial charge >= 0.3 is 11.4 Å². The van der Waals surface area contributed by atoms with Crippen LogP contribution in [-0.4, -0.2) is 30.6 Å². The molecule has 0 amide bonds. The van der Waals surface area contributed by atoms with Crippen LogP contribution in [0, 0.1) is 11.3 Å². The van der Waals surface area contributed by atoms with Gasteiger partial charge in [0.25, 0.3) is 0 Å². The monoisotopic (exact) mass is 501 g/mol. The number of allylic oxidation sites excluding steroid dienone is 4. The standard InChI is InChI=1S/C28H27N3O6/c1-15-16(2)25(34)28(3)20(24(15)33)13-21-19(23(28)22-10-9-18(14-32)37-22)11-12-29-26(35)30(27(36)31(21)29)17-7-5-4-6-8-17/h4-11,20-21,23,32H,12-14H2,1-3H3/t20-,21+,23+,28+/m0/s1. The van der Waals surface area contributed by atoms with Crippen LogP contribution in [0.25, 0.3) is 5.69 Å². The first-order valence-electron chi connectivity index (χ1n) is 12.4. The summed E-state index contributed by atoms with van der Waals surface area (Å²) in [5, 5.41) is 9.63. The van der Waals surface area contributed by atoms with E-state index in [2.05, 4.69) is 0 Å². The molecule has 190 valence electrons. The Morgan fingerprint density at radius 1 is 1.00 bits per heavy atom. The number of rotatable bonds is 3. The van der Waals surface area contributed by atoms with Crippen molar-refractivity contribution in [2.45, 2.75) is 52.3 Å². The van der Waals surface area contributed by atoms with Crippen LogP contribution in [0.15, 0.2) is 79.3 Å². The van der Waals surface area contributed by atoms with Gasteiger partial charge in [-0.15, -0.1) is 0 Å². The van der Waals surface area contributed by atoms with Crippen molar-refractivity contribution in [2.75, 3.05) is 0 Å². The van der Waals surface area contributed by atoms with Gasteiger partial charge in [0.2, 0.25) is 0 Å². The lowest BCUT2D eigenvalue weighted by atomic mass is 9.50. The van der Waals surface area contributed by atoms with Gasteiger partial charge in [-0.2, -0.15) is 0 Å². The Labute approximate surface area is 211 Å². The smallest absolute Gasteiger partial charge is 0.352 e. The molecule has 9 nitrogen and oxygen atoms in total. The Morgan fingerprint density at radius 3 is 2.41 bits per heavy atom. The van der Waals surface area contributed by atoms with Crippen molar-refractivity contribution in [3.8, 4) is 5.69 Å². The Morgan fingerprint density at radius 2 is 1.73 bits per heavy atom. The largest absolute Gasteiger partial charge is 0.463 e. The number of carbonyl (C=O) groups excluding carboxylic acids is 2. The van der Waals surface area contributed by atoms with Crippen LogP contribution in [0.1, 0.15) is 50.7 Å². The zero-order valence-corrected chi connectivity index (χ0v) is 20.8. The number of aliphatic hydroxyl groups excluding tert-OH is 1. The van der Waals surface area contributed by atoms with Crippen LogP contribution >= 0.6 is 0 Å². The topological polar surface area (TPSA) is 116 Å². The van der Waals surface area contributed by atoms with Crippen molar-refractivity contribution < 1.29 is 19.1 Å². The summed E-state index contributed by atoms with van der Waals surface area (Å²) in [6.45, 7) is 4.98. The molecular formula is C28H27N3O6. The molecule has 0 unspecified atom stereocenters. The van der Waals surface area contributed by atoms with Gasteiger partial charge in [-0.05, 0) is 61.3 Å². The molecule has 0 spiro atoms. The van der Waals surface area contributed by atoms with Crippen LogP contribution in [0.5, 0.6) is 0 Å². The second-order valence-corrected chi connectivity index (χ2v) is 10.3. The summed E-state index contributed by atoms with van der Waals surface area (Å²) in [5.74, 6) is -0.826. The van der Waals surface area contributed by atoms with Crippen molar-refractivity contribution in [2.24, 2.45) is 11.3 Å². The van der Waals surface area contributed by atoms with Gasteiger partial charge in [0.15, 0.2) is 11.6 Å². The minimum Gasteiger partial charge on any atom is -0.463 e. The number of Topliss-reactive ketones (excluding diaryl/α,β-unsaturated/α-hetero) is 2. The van der Waals surface area contributed by atoms with Gasteiger partial charge < -0.3 is 9.52 Å². The van der Waals surface area contributed by atoms with Gasteiger partial charge in [0.1, 0.15) is 18.1 Å². The molecule has 9 heteroatoms. The van der Waals surface area contributed by atoms with E-state index in [1.807, 2.05) is 12.1 Å². The Kier molecular flexibility index (Phi) is 5.07. The van der Waals surface area contributed by atoms with Crippen molar-refractivity contribution >= 4 is 11.6 Å².